The highest BCUT2D eigenvalue weighted by Gasteiger charge is 2.41. The van der Waals surface area contributed by atoms with Gasteiger partial charge in [0.15, 0.2) is 0 Å². The van der Waals surface area contributed by atoms with Gasteiger partial charge in [-0.05, 0) is 19.8 Å². The Morgan fingerprint density at radius 3 is 2.67 bits per heavy atom. The molecule has 1 heterocycles. The summed E-state index contributed by atoms with van der Waals surface area (Å²) < 4.78 is 1.63. The minimum atomic E-state index is -0.670. The number of nitrogens with two attached hydrogens (primary N) is 1. The quantitative estimate of drug-likeness (QED) is 0.788. The van der Waals surface area contributed by atoms with Crippen LogP contribution >= 0.6 is 11.6 Å². The molecule has 1 fully saturated rings. The maximum absolute atomic E-state index is 10.1. The van der Waals surface area contributed by atoms with E-state index in [1.807, 2.05) is 6.92 Å². The summed E-state index contributed by atoms with van der Waals surface area (Å²) in [5.41, 5.74) is 6.83. The molecule has 1 aromatic heterocycles. The minimum absolute atomic E-state index is 0.130. The van der Waals surface area contributed by atoms with E-state index in [1.165, 1.54) is 0 Å². The molecule has 0 saturated heterocycles. The highest BCUT2D eigenvalue weighted by molar-refractivity contribution is 6.30. The molecule has 1 aromatic rings. The zero-order chi connectivity index (χ0) is 11.2. The lowest BCUT2D eigenvalue weighted by Gasteiger charge is -2.41. The van der Waals surface area contributed by atoms with Crippen LogP contribution in [0, 0.1) is 6.92 Å². The first kappa shape index (κ1) is 10.9. The number of aromatic nitrogens is 2. The summed E-state index contributed by atoms with van der Waals surface area (Å²) >= 11 is 6.10. The Morgan fingerprint density at radius 1 is 1.67 bits per heavy atom. The number of aliphatic hydroxyl groups is 1. The second-order valence-electron chi connectivity index (χ2n) is 4.55. The lowest BCUT2D eigenvalue weighted by molar-refractivity contribution is -0.0456. The summed E-state index contributed by atoms with van der Waals surface area (Å²) in [4.78, 5) is 0. The highest BCUT2D eigenvalue weighted by Crippen LogP contribution is 2.36. The van der Waals surface area contributed by atoms with Crippen LogP contribution in [0.3, 0.4) is 0 Å². The van der Waals surface area contributed by atoms with E-state index >= 15 is 0 Å². The molecule has 0 unspecified atom stereocenters. The topological polar surface area (TPSA) is 64.1 Å². The Labute approximate surface area is 94.0 Å². The molecule has 1 aliphatic carbocycles. The second-order valence-corrected chi connectivity index (χ2v) is 4.91. The fourth-order valence-corrected chi connectivity index (χ4v) is 2.51. The monoisotopic (exact) mass is 229 g/mol. The molecule has 0 spiro atoms. The van der Waals surface area contributed by atoms with Crippen LogP contribution in [0.5, 0.6) is 0 Å². The second kappa shape index (κ2) is 3.47. The Hall–Kier alpha value is -0.580. The van der Waals surface area contributed by atoms with Crippen LogP contribution in [0.2, 0.25) is 5.15 Å². The number of hydrogen-bond acceptors (Lipinski definition) is 3. The van der Waals surface area contributed by atoms with E-state index in [0.29, 0.717) is 24.4 Å². The maximum atomic E-state index is 10.1. The van der Waals surface area contributed by atoms with Gasteiger partial charge in [-0.25, -0.2) is 0 Å². The molecule has 0 radical (unpaired) electrons. The molecule has 1 aliphatic rings. The maximum Gasteiger partial charge on any atom is 0.130 e. The number of nitrogens with zero attached hydrogens (tertiary/aromatic N) is 2. The van der Waals surface area contributed by atoms with Crippen molar-refractivity contribution in [3.8, 4) is 0 Å². The van der Waals surface area contributed by atoms with Gasteiger partial charge in [0.25, 0.3) is 0 Å². The van der Waals surface area contributed by atoms with Gasteiger partial charge in [0, 0.05) is 25.1 Å². The third-order valence-electron chi connectivity index (χ3n) is 3.06. The summed E-state index contributed by atoms with van der Waals surface area (Å²) in [5, 5.41) is 14.9. The van der Waals surface area contributed by atoms with Crippen molar-refractivity contribution in [2.75, 3.05) is 0 Å². The van der Waals surface area contributed by atoms with Crippen molar-refractivity contribution in [3.63, 3.8) is 0 Å². The van der Waals surface area contributed by atoms with Gasteiger partial charge in [-0.2, -0.15) is 5.10 Å². The molecule has 0 bridgehead atoms. The Kier molecular flexibility index (Phi) is 2.53. The number of aryl methyl sites for hydroxylation is 2. The van der Waals surface area contributed by atoms with Gasteiger partial charge in [0.05, 0.1) is 11.3 Å². The van der Waals surface area contributed by atoms with Gasteiger partial charge in [-0.15, -0.1) is 0 Å². The van der Waals surface area contributed by atoms with E-state index in [9.17, 15) is 5.11 Å². The minimum Gasteiger partial charge on any atom is -0.389 e. The van der Waals surface area contributed by atoms with Gasteiger partial charge in [0.1, 0.15) is 5.15 Å². The summed E-state index contributed by atoms with van der Waals surface area (Å²) in [6.45, 7) is 1.91. The third kappa shape index (κ3) is 1.89. The number of halogens is 1. The molecule has 0 amide bonds. The Morgan fingerprint density at radius 2 is 2.27 bits per heavy atom. The smallest absolute Gasteiger partial charge is 0.130 e. The van der Waals surface area contributed by atoms with Crippen molar-refractivity contribution in [2.45, 2.75) is 37.8 Å². The van der Waals surface area contributed by atoms with E-state index < -0.39 is 5.60 Å². The lowest BCUT2D eigenvalue weighted by atomic mass is 9.73. The molecule has 0 aliphatic heterocycles. The first-order chi connectivity index (χ1) is 6.91. The lowest BCUT2D eigenvalue weighted by Crippen LogP contribution is -2.52. The van der Waals surface area contributed by atoms with Crippen molar-refractivity contribution in [1.29, 1.82) is 0 Å². The summed E-state index contributed by atoms with van der Waals surface area (Å²) in [6, 6.07) is 0.130. The highest BCUT2D eigenvalue weighted by atomic mass is 35.5. The molecule has 5 heteroatoms. The zero-order valence-corrected chi connectivity index (χ0v) is 9.75. The Bertz CT molecular complexity index is 382. The molecule has 15 heavy (non-hydrogen) atoms. The van der Waals surface area contributed by atoms with E-state index in [4.69, 9.17) is 17.3 Å². The van der Waals surface area contributed by atoms with Gasteiger partial charge >= 0.3 is 0 Å². The molecule has 84 valence electrons. The van der Waals surface area contributed by atoms with Gasteiger partial charge in [0.2, 0.25) is 0 Å². The predicted molar refractivity (Wildman–Crippen MR) is 58.8 cm³/mol. The molecule has 0 atom stereocenters. The van der Waals surface area contributed by atoms with E-state index in [1.54, 1.807) is 11.7 Å². The average Bonchev–Trinajstić information content (AvgIpc) is 2.30. The number of hydrogen-bond donors (Lipinski definition) is 2. The molecule has 0 aromatic carbocycles. The first-order valence-corrected chi connectivity index (χ1v) is 5.45. The SMILES string of the molecule is Cc1nn(C)c(Cl)c1CC1(O)CC(N)C1. The van der Waals surface area contributed by atoms with Crippen molar-refractivity contribution < 1.29 is 5.11 Å². The van der Waals surface area contributed by atoms with Gasteiger partial charge in [-0.1, -0.05) is 11.6 Å². The van der Waals surface area contributed by atoms with Gasteiger partial charge < -0.3 is 10.8 Å². The summed E-state index contributed by atoms with van der Waals surface area (Å²) in [6.07, 6.45) is 1.86. The van der Waals surface area contributed by atoms with Crippen LogP contribution in [0.1, 0.15) is 24.1 Å². The zero-order valence-electron chi connectivity index (χ0n) is 9.00. The molecule has 1 saturated carbocycles. The van der Waals surface area contributed by atoms with Crippen LogP contribution in [-0.4, -0.2) is 26.5 Å². The fourth-order valence-electron chi connectivity index (χ4n) is 2.26. The van der Waals surface area contributed by atoms with Crippen LogP contribution in [0.4, 0.5) is 0 Å². The molecular formula is C10H16ClN3O. The van der Waals surface area contributed by atoms with Gasteiger partial charge in [-0.3, -0.25) is 4.68 Å². The largest absolute Gasteiger partial charge is 0.389 e. The van der Waals surface area contributed by atoms with Crippen LogP contribution < -0.4 is 5.73 Å². The molecule has 3 N–H and O–H groups in total. The summed E-state index contributed by atoms with van der Waals surface area (Å²) in [7, 11) is 1.80. The molecule has 4 nitrogen and oxygen atoms in total. The van der Waals surface area contributed by atoms with E-state index in [-0.39, 0.29) is 6.04 Å². The van der Waals surface area contributed by atoms with Crippen molar-refractivity contribution in [1.82, 2.24) is 9.78 Å². The molecule has 2 rings (SSSR count). The van der Waals surface area contributed by atoms with Crippen LogP contribution in [-0.2, 0) is 13.5 Å². The van der Waals surface area contributed by atoms with Crippen molar-refractivity contribution in [2.24, 2.45) is 12.8 Å². The van der Waals surface area contributed by atoms with Crippen LogP contribution in [0.15, 0.2) is 0 Å². The first-order valence-electron chi connectivity index (χ1n) is 5.07. The Balaban J connectivity index is 2.17. The number of rotatable bonds is 2. The van der Waals surface area contributed by atoms with E-state index in [0.717, 1.165) is 11.3 Å². The normalized spacial score (nSPS) is 30.3. The average molecular weight is 230 g/mol. The van der Waals surface area contributed by atoms with E-state index in [2.05, 4.69) is 5.10 Å². The van der Waals surface area contributed by atoms with Crippen LogP contribution in [0.25, 0.3) is 0 Å². The summed E-state index contributed by atoms with van der Waals surface area (Å²) in [5.74, 6) is 0. The fraction of sp³-hybridized carbons (Fsp3) is 0.700. The predicted octanol–water partition coefficient (Wildman–Crippen LogP) is 0.777. The van der Waals surface area contributed by atoms with Crippen molar-refractivity contribution >= 4 is 11.6 Å². The standard InChI is InChI=1S/C10H16ClN3O/c1-6-8(9(11)14(2)13-6)5-10(15)3-7(12)4-10/h7,15H,3-5,12H2,1-2H3. The van der Waals surface area contributed by atoms with Crippen molar-refractivity contribution in [3.05, 3.63) is 16.4 Å². The third-order valence-corrected chi connectivity index (χ3v) is 3.53. The molecular weight excluding hydrogens is 214 g/mol.